The van der Waals surface area contributed by atoms with Crippen molar-refractivity contribution in [2.24, 2.45) is 0 Å². The molecule has 1 aromatic carbocycles. The van der Waals surface area contributed by atoms with Crippen LogP contribution in [0.1, 0.15) is 35.7 Å². The van der Waals surface area contributed by atoms with Crippen molar-refractivity contribution in [3.63, 3.8) is 0 Å². The van der Waals surface area contributed by atoms with Gasteiger partial charge in [-0.2, -0.15) is 9.78 Å². The van der Waals surface area contributed by atoms with Crippen LogP contribution >= 0.6 is 0 Å². The molecule has 4 heterocycles. The third-order valence-corrected chi connectivity index (χ3v) is 6.36. The van der Waals surface area contributed by atoms with Gasteiger partial charge in [0.25, 0.3) is 0 Å². The number of aromatic nitrogens is 4. The van der Waals surface area contributed by atoms with Gasteiger partial charge in [0.15, 0.2) is 11.5 Å². The quantitative estimate of drug-likeness (QED) is 0.467. The average molecular weight is 442 g/mol. The lowest BCUT2D eigenvalue weighted by Crippen LogP contribution is -2.38. The molecule has 0 saturated carbocycles. The van der Waals surface area contributed by atoms with Crippen LogP contribution in [0, 0.1) is 6.92 Å². The SMILES string of the molecule is COc1cccc(CC(=O)N2CCC(c3ccc4c(C)nn(-c5ccccn5)c4n3)CC2)c1. The van der Waals surface area contributed by atoms with Gasteiger partial charge in [-0.15, -0.1) is 0 Å². The molecule has 4 aromatic rings. The van der Waals surface area contributed by atoms with Gasteiger partial charge in [-0.05, 0) is 61.7 Å². The van der Waals surface area contributed by atoms with Crippen molar-refractivity contribution in [3.8, 4) is 11.6 Å². The third-order valence-electron chi connectivity index (χ3n) is 6.36. The molecule has 0 aliphatic carbocycles. The smallest absolute Gasteiger partial charge is 0.226 e. The van der Waals surface area contributed by atoms with Gasteiger partial charge in [-0.1, -0.05) is 18.2 Å². The molecule has 0 spiro atoms. The maximum Gasteiger partial charge on any atom is 0.226 e. The Morgan fingerprint density at radius 3 is 2.70 bits per heavy atom. The van der Waals surface area contributed by atoms with Gasteiger partial charge >= 0.3 is 0 Å². The van der Waals surface area contributed by atoms with Gasteiger partial charge in [0.2, 0.25) is 5.91 Å². The van der Waals surface area contributed by atoms with Gasteiger partial charge in [-0.3, -0.25) is 4.79 Å². The molecule has 0 atom stereocenters. The molecule has 1 amide bonds. The zero-order valence-electron chi connectivity index (χ0n) is 18.9. The lowest BCUT2D eigenvalue weighted by Gasteiger charge is -2.32. The zero-order valence-corrected chi connectivity index (χ0v) is 18.9. The van der Waals surface area contributed by atoms with Crippen molar-refractivity contribution < 1.29 is 9.53 Å². The molecular weight excluding hydrogens is 414 g/mol. The summed E-state index contributed by atoms with van der Waals surface area (Å²) in [6.45, 7) is 3.48. The number of rotatable bonds is 5. The Hall–Kier alpha value is -3.74. The van der Waals surface area contributed by atoms with E-state index in [9.17, 15) is 4.79 Å². The van der Waals surface area contributed by atoms with Crippen molar-refractivity contribution in [2.75, 3.05) is 20.2 Å². The largest absolute Gasteiger partial charge is 0.497 e. The van der Waals surface area contributed by atoms with E-state index in [4.69, 9.17) is 9.72 Å². The minimum atomic E-state index is 0.161. The number of hydrogen-bond acceptors (Lipinski definition) is 5. The van der Waals surface area contributed by atoms with Gasteiger partial charge in [0.1, 0.15) is 5.75 Å². The predicted octanol–water partition coefficient (Wildman–Crippen LogP) is 4.08. The number of pyridine rings is 2. The number of benzene rings is 1. The van der Waals surface area contributed by atoms with Crippen molar-refractivity contribution in [1.82, 2.24) is 24.6 Å². The fourth-order valence-corrected chi connectivity index (χ4v) is 4.52. The van der Waals surface area contributed by atoms with Crippen LogP contribution in [0.5, 0.6) is 5.75 Å². The van der Waals surface area contributed by atoms with Crippen molar-refractivity contribution in [2.45, 2.75) is 32.1 Å². The van der Waals surface area contributed by atoms with Crippen LogP contribution in [0.3, 0.4) is 0 Å². The fraction of sp³-hybridized carbons (Fsp3) is 0.308. The van der Waals surface area contributed by atoms with Crippen molar-refractivity contribution in [3.05, 3.63) is 77.7 Å². The number of carbonyl (C=O) groups is 1. The van der Waals surface area contributed by atoms with E-state index in [-0.39, 0.29) is 5.91 Å². The van der Waals surface area contributed by atoms with Crippen LogP contribution in [0.4, 0.5) is 0 Å². The number of methoxy groups -OCH3 is 1. The molecule has 3 aromatic heterocycles. The van der Waals surface area contributed by atoms with Crippen molar-refractivity contribution >= 4 is 16.9 Å². The van der Waals surface area contributed by atoms with Crippen LogP contribution in [-0.2, 0) is 11.2 Å². The Labute approximate surface area is 193 Å². The summed E-state index contributed by atoms with van der Waals surface area (Å²) in [7, 11) is 1.64. The van der Waals surface area contributed by atoms with Crippen molar-refractivity contribution in [1.29, 1.82) is 0 Å². The lowest BCUT2D eigenvalue weighted by atomic mass is 9.92. The first-order chi connectivity index (χ1) is 16.1. The van der Waals surface area contributed by atoms with Crippen LogP contribution in [-0.4, -0.2) is 50.8 Å². The number of nitrogens with zero attached hydrogens (tertiary/aromatic N) is 5. The molecule has 1 saturated heterocycles. The topological polar surface area (TPSA) is 73.1 Å². The number of amides is 1. The second-order valence-corrected chi connectivity index (χ2v) is 8.48. The number of piperidine rings is 1. The normalized spacial score (nSPS) is 14.5. The summed E-state index contributed by atoms with van der Waals surface area (Å²) in [6, 6.07) is 17.7. The molecular formula is C26H27N5O2. The Morgan fingerprint density at radius 1 is 1.09 bits per heavy atom. The van der Waals surface area contributed by atoms with E-state index in [1.807, 2.05) is 59.0 Å². The Morgan fingerprint density at radius 2 is 1.94 bits per heavy atom. The second-order valence-electron chi connectivity index (χ2n) is 8.48. The number of hydrogen-bond donors (Lipinski definition) is 0. The number of aryl methyl sites for hydroxylation is 1. The second kappa shape index (κ2) is 9.02. The molecule has 7 heteroatoms. The maximum atomic E-state index is 12.8. The van der Waals surface area contributed by atoms with E-state index in [0.717, 1.165) is 65.5 Å². The standard InChI is InChI=1S/C26H27N5O2/c1-18-22-9-10-23(28-26(22)31(29-18)24-8-3-4-13-27-24)20-11-14-30(15-12-20)25(32)17-19-6-5-7-21(16-19)33-2/h3-10,13,16,20H,11-12,14-15,17H2,1-2H3. The summed E-state index contributed by atoms with van der Waals surface area (Å²) in [4.78, 5) is 24.2. The number of ether oxygens (including phenoxy) is 1. The first-order valence-corrected chi connectivity index (χ1v) is 11.3. The van der Waals surface area contributed by atoms with Crippen LogP contribution in [0.25, 0.3) is 16.9 Å². The summed E-state index contributed by atoms with van der Waals surface area (Å²) in [5.41, 5.74) is 3.80. The molecule has 168 valence electrons. The van der Waals surface area contributed by atoms with Gasteiger partial charge in [0, 0.05) is 36.3 Å². The average Bonchev–Trinajstić information content (AvgIpc) is 3.20. The van der Waals surface area contributed by atoms with Gasteiger partial charge in [0.05, 0.1) is 19.2 Å². The summed E-state index contributed by atoms with van der Waals surface area (Å²) < 4.78 is 7.09. The van der Waals surface area contributed by atoms with Crippen LogP contribution in [0.2, 0.25) is 0 Å². The van der Waals surface area contributed by atoms with Crippen LogP contribution in [0.15, 0.2) is 60.8 Å². The first-order valence-electron chi connectivity index (χ1n) is 11.3. The number of likely N-dealkylation sites (tertiary alicyclic amines) is 1. The predicted molar refractivity (Wildman–Crippen MR) is 127 cm³/mol. The lowest BCUT2D eigenvalue weighted by molar-refractivity contribution is -0.131. The highest BCUT2D eigenvalue weighted by molar-refractivity contribution is 5.80. The van der Waals surface area contributed by atoms with Gasteiger partial charge < -0.3 is 9.64 Å². The molecule has 1 fully saturated rings. The van der Waals surface area contributed by atoms with E-state index in [1.165, 1.54) is 0 Å². The monoisotopic (exact) mass is 441 g/mol. The molecule has 0 N–H and O–H groups in total. The summed E-state index contributed by atoms with van der Waals surface area (Å²) >= 11 is 0. The molecule has 7 nitrogen and oxygen atoms in total. The zero-order chi connectivity index (χ0) is 22.8. The van der Waals surface area contributed by atoms with E-state index in [2.05, 4.69) is 22.2 Å². The molecule has 0 unspecified atom stereocenters. The summed E-state index contributed by atoms with van der Waals surface area (Å²) in [5.74, 6) is 2.02. The highest BCUT2D eigenvalue weighted by Gasteiger charge is 2.25. The molecule has 0 radical (unpaired) electrons. The van der Waals surface area contributed by atoms with E-state index >= 15 is 0 Å². The maximum absolute atomic E-state index is 12.8. The molecule has 0 bridgehead atoms. The van der Waals surface area contributed by atoms with Crippen LogP contribution < -0.4 is 4.74 Å². The van der Waals surface area contributed by atoms with E-state index in [1.54, 1.807) is 13.3 Å². The summed E-state index contributed by atoms with van der Waals surface area (Å²) in [6.07, 6.45) is 3.97. The molecule has 1 aliphatic heterocycles. The molecule has 33 heavy (non-hydrogen) atoms. The highest BCUT2D eigenvalue weighted by Crippen LogP contribution is 2.29. The minimum Gasteiger partial charge on any atom is -0.497 e. The third kappa shape index (κ3) is 4.31. The molecule has 5 rings (SSSR count). The first kappa shape index (κ1) is 21.1. The minimum absolute atomic E-state index is 0.161. The Kier molecular flexibility index (Phi) is 5.77. The Bertz CT molecular complexity index is 1280. The van der Waals surface area contributed by atoms with E-state index < -0.39 is 0 Å². The molecule has 1 aliphatic rings. The number of carbonyl (C=O) groups excluding carboxylic acids is 1. The van der Waals surface area contributed by atoms with E-state index in [0.29, 0.717) is 12.3 Å². The highest BCUT2D eigenvalue weighted by atomic mass is 16.5. The summed E-state index contributed by atoms with van der Waals surface area (Å²) in [5, 5.41) is 5.70. The fourth-order valence-electron chi connectivity index (χ4n) is 4.52. The Balaban J connectivity index is 1.29. The van der Waals surface area contributed by atoms with Gasteiger partial charge in [-0.25, -0.2) is 9.97 Å². The number of fused-ring (bicyclic) bond motifs is 1.